The van der Waals surface area contributed by atoms with Crippen molar-refractivity contribution in [2.75, 3.05) is 5.32 Å². The van der Waals surface area contributed by atoms with Crippen molar-refractivity contribution in [2.24, 2.45) is 0 Å². The Morgan fingerprint density at radius 1 is 1.09 bits per heavy atom. The summed E-state index contributed by atoms with van der Waals surface area (Å²) < 4.78 is 5.70. The fourth-order valence-electron chi connectivity index (χ4n) is 3.94. The first-order chi connectivity index (χ1) is 16.3. The second-order valence-corrected chi connectivity index (χ2v) is 9.53. The van der Waals surface area contributed by atoms with Crippen LogP contribution in [0, 0.1) is 6.92 Å². The van der Waals surface area contributed by atoms with Crippen LogP contribution in [-0.2, 0) is 16.1 Å². The maximum atomic E-state index is 13.2. The van der Waals surface area contributed by atoms with E-state index in [4.69, 9.17) is 4.74 Å². The minimum absolute atomic E-state index is 0.0838. The molecule has 3 aromatic rings. The number of thiophene rings is 1. The predicted octanol–water partition coefficient (Wildman–Crippen LogP) is 4.90. The fourth-order valence-corrected chi connectivity index (χ4v) is 4.56. The predicted molar refractivity (Wildman–Crippen MR) is 132 cm³/mol. The van der Waals surface area contributed by atoms with Crippen molar-refractivity contribution < 1.29 is 19.1 Å². The Morgan fingerprint density at radius 3 is 2.50 bits per heavy atom. The Kier molecular flexibility index (Phi) is 6.98. The lowest BCUT2D eigenvalue weighted by Crippen LogP contribution is -2.48. The molecule has 0 bridgehead atoms. The maximum absolute atomic E-state index is 13.2. The van der Waals surface area contributed by atoms with Gasteiger partial charge in [-0.2, -0.15) is 0 Å². The number of nitrogens with zero attached hydrogens (tertiary/aromatic N) is 1. The molecule has 0 aliphatic carbocycles. The second-order valence-electron chi connectivity index (χ2n) is 8.58. The van der Waals surface area contributed by atoms with Gasteiger partial charge in [-0.15, -0.1) is 11.3 Å². The lowest BCUT2D eigenvalue weighted by Gasteiger charge is -2.25. The number of cyclic esters (lactones) is 1. The topological polar surface area (TPSA) is 87.7 Å². The summed E-state index contributed by atoms with van der Waals surface area (Å²) in [5.41, 5.74) is 3.29. The third-order valence-electron chi connectivity index (χ3n) is 5.46. The van der Waals surface area contributed by atoms with Crippen LogP contribution in [0.4, 0.5) is 10.5 Å². The molecule has 2 aromatic carbocycles. The molecule has 1 fully saturated rings. The minimum atomic E-state index is -0.818. The molecular formula is C26H27N3O4S. The van der Waals surface area contributed by atoms with Crippen LogP contribution in [0.25, 0.3) is 0 Å². The zero-order valence-corrected chi connectivity index (χ0v) is 20.1. The van der Waals surface area contributed by atoms with Gasteiger partial charge in [0.1, 0.15) is 0 Å². The van der Waals surface area contributed by atoms with Crippen LogP contribution in [0.3, 0.4) is 0 Å². The Labute approximate surface area is 202 Å². The van der Waals surface area contributed by atoms with Gasteiger partial charge in [-0.3, -0.25) is 14.5 Å². The van der Waals surface area contributed by atoms with Gasteiger partial charge in [-0.25, -0.2) is 4.79 Å². The van der Waals surface area contributed by atoms with Crippen LogP contribution in [0.5, 0.6) is 0 Å². The third-order valence-corrected chi connectivity index (χ3v) is 6.33. The largest absolute Gasteiger partial charge is 0.438 e. The van der Waals surface area contributed by atoms with E-state index in [9.17, 15) is 14.4 Å². The number of carbonyl (C=O) groups excluding carboxylic acids is 3. The monoisotopic (exact) mass is 477 g/mol. The lowest BCUT2D eigenvalue weighted by atomic mass is 10.00. The van der Waals surface area contributed by atoms with Crippen LogP contribution < -0.4 is 10.6 Å². The van der Waals surface area contributed by atoms with Crippen molar-refractivity contribution >= 4 is 34.9 Å². The van der Waals surface area contributed by atoms with E-state index in [1.165, 1.54) is 16.2 Å². The Balaban J connectivity index is 1.57. The van der Waals surface area contributed by atoms with Crippen molar-refractivity contribution in [3.63, 3.8) is 0 Å². The van der Waals surface area contributed by atoms with Crippen LogP contribution in [0.15, 0.2) is 66.0 Å². The SMILES string of the molecule is Cc1cccc(CN2C(=O)O[C@H](c3ccc(NC(=O)c4cccs4)cc3)[C@H]2C(=O)NC(C)C)c1. The molecule has 0 radical (unpaired) electrons. The molecule has 1 saturated heterocycles. The molecule has 176 valence electrons. The zero-order chi connectivity index (χ0) is 24.2. The number of nitrogens with one attached hydrogen (secondary N) is 2. The molecule has 2 heterocycles. The average Bonchev–Trinajstić information content (AvgIpc) is 3.43. The highest BCUT2D eigenvalue weighted by Gasteiger charge is 2.47. The molecule has 0 saturated carbocycles. The standard InChI is InChI=1S/C26H27N3O4S/c1-16(2)27-25(31)22-23(33-26(32)29(22)15-18-7-4-6-17(3)14-18)19-9-11-20(12-10-19)28-24(30)21-8-5-13-34-21/h4-14,16,22-23H,15H2,1-3H3,(H,27,31)(H,28,30)/t22-,23+/m0/s1. The first-order valence-corrected chi connectivity index (χ1v) is 12.0. The number of anilines is 1. The quantitative estimate of drug-likeness (QED) is 0.507. The van der Waals surface area contributed by atoms with Crippen LogP contribution in [0.1, 0.15) is 46.3 Å². The molecular weight excluding hydrogens is 450 g/mol. The molecule has 0 unspecified atom stereocenters. The molecule has 0 spiro atoms. The molecule has 1 aromatic heterocycles. The van der Waals surface area contributed by atoms with E-state index < -0.39 is 18.2 Å². The molecule has 8 heteroatoms. The van der Waals surface area contributed by atoms with E-state index in [0.717, 1.165) is 11.1 Å². The third kappa shape index (κ3) is 5.28. The van der Waals surface area contributed by atoms with E-state index >= 15 is 0 Å². The maximum Gasteiger partial charge on any atom is 0.411 e. The van der Waals surface area contributed by atoms with Gasteiger partial charge in [0.25, 0.3) is 5.91 Å². The summed E-state index contributed by atoms with van der Waals surface area (Å²) in [5, 5.41) is 7.61. The van der Waals surface area contributed by atoms with Gasteiger partial charge < -0.3 is 15.4 Å². The van der Waals surface area contributed by atoms with Crippen LogP contribution in [-0.4, -0.2) is 34.9 Å². The van der Waals surface area contributed by atoms with Crippen molar-refractivity contribution in [1.82, 2.24) is 10.2 Å². The van der Waals surface area contributed by atoms with E-state index in [2.05, 4.69) is 10.6 Å². The van der Waals surface area contributed by atoms with E-state index in [0.29, 0.717) is 16.1 Å². The minimum Gasteiger partial charge on any atom is -0.438 e. The lowest BCUT2D eigenvalue weighted by molar-refractivity contribution is -0.126. The number of aryl methyl sites for hydroxylation is 1. The Hall–Kier alpha value is -3.65. The highest BCUT2D eigenvalue weighted by atomic mass is 32.1. The van der Waals surface area contributed by atoms with Gasteiger partial charge in [0, 0.05) is 11.7 Å². The summed E-state index contributed by atoms with van der Waals surface area (Å²) in [6.45, 7) is 6.00. The van der Waals surface area contributed by atoms with Gasteiger partial charge in [0.2, 0.25) is 5.91 Å². The van der Waals surface area contributed by atoms with E-state index in [1.54, 1.807) is 30.3 Å². The number of amides is 3. The smallest absolute Gasteiger partial charge is 0.411 e. The van der Waals surface area contributed by atoms with Gasteiger partial charge >= 0.3 is 6.09 Å². The van der Waals surface area contributed by atoms with Crippen molar-refractivity contribution in [3.05, 3.63) is 87.6 Å². The summed E-state index contributed by atoms with van der Waals surface area (Å²) in [4.78, 5) is 40.4. The van der Waals surface area contributed by atoms with Gasteiger partial charge in [-0.05, 0) is 55.5 Å². The van der Waals surface area contributed by atoms with Gasteiger partial charge in [0.15, 0.2) is 12.1 Å². The molecule has 2 N–H and O–H groups in total. The fraction of sp³-hybridized carbons (Fsp3) is 0.269. The number of hydrogen-bond acceptors (Lipinski definition) is 5. The summed E-state index contributed by atoms with van der Waals surface area (Å²) in [6, 6.07) is 17.5. The summed E-state index contributed by atoms with van der Waals surface area (Å²) >= 11 is 1.36. The number of ether oxygens (including phenoxy) is 1. The summed E-state index contributed by atoms with van der Waals surface area (Å²) in [6.07, 6.45) is -1.30. The van der Waals surface area contributed by atoms with Crippen molar-refractivity contribution in [2.45, 2.75) is 45.5 Å². The van der Waals surface area contributed by atoms with Crippen molar-refractivity contribution in [1.29, 1.82) is 0 Å². The molecule has 34 heavy (non-hydrogen) atoms. The van der Waals surface area contributed by atoms with E-state index in [1.807, 2.05) is 56.5 Å². The first-order valence-electron chi connectivity index (χ1n) is 11.1. The molecule has 1 aliphatic heterocycles. The molecule has 1 aliphatic rings. The molecule has 3 amide bonds. The highest BCUT2D eigenvalue weighted by Crippen LogP contribution is 2.34. The molecule has 2 atom stereocenters. The summed E-state index contributed by atoms with van der Waals surface area (Å²) in [7, 11) is 0. The van der Waals surface area contributed by atoms with Gasteiger partial charge in [-0.1, -0.05) is 48.0 Å². The normalized spacial score (nSPS) is 17.5. The molecule has 7 nitrogen and oxygen atoms in total. The highest BCUT2D eigenvalue weighted by molar-refractivity contribution is 7.12. The Morgan fingerprint density at radius 2 is 1.85 bits per heavy atom. The zero-order valence-electron chi connectivity index (χ0n) is 19.3. The Bertz CT molecular complexity index is 1180. The van der Waals surface area contributed by atoms with Crippen molar-refractivity contribution in [3.8, 4) is 0 Å². The number of carbonyl (C=O) groups is 3. The van der Waals surface area contributed by atoms with Gasteiger partial charge in [0.05, 0.1) is 11.4 Å². The molecule has 4 rings (SSSR count). The second kappa shape index (κ2) is 10.1. The average molecular weight is 478 g/mol. The first kappa shape index (κ1) is 23.5. The number of benzene rings is 2. The number of hydrogen-bond donors (Lipinski definition) is 2. The van der Waals surface area contributed by atoms with Crippen LogP contribution in [0.2, 0.25) is 0 Å². The van der Waals surface area contributed by atoms with E-state index in [-0.39, 0.29) is 24.4 Å². The number of rotatable bonds is 7. The summed E-state index contributed by atoms with van der Waals surface area (Å²) in [5.74, 6) is -0.456. The van der Waals surface area contributed by atoms with Crippen LogP contribution >= 0.6 is 11.3 Å².